The Morgan fingerprint density at radius 2 is 2.00 bits per heavy atom. The Bertz CT molecular complexity index is 429. The molecule has 1 N–H and O–H groups in total. The lowest BCUT2D eigenvalue weighted by atomic mass is 10.1. The van der Waals surface area contributed by atoms with Crippen LogP contribution in [0.25, 0.3) is 0 Å². The summed E-state index contributed by atoms with van der Waals surface area (Å²) in [4.78, 5) is 0. The molecular weight excluding hydrogens is 334 g/mol. The van der Waals surface area contributed by atoms with Crippen molar-refractivity contribution in [2.75, 3.05) is 18.6 Å². The summed E-state index contributed by atoms with van der Waals surface area (Å²) in [5.74, 6) is 2.18. The molecule has 0 bridgehead atoms. The molecule has 0 amide bonds. The first-order valence-electron chi connectivity index (χ1n) is 6.99. The molecule has 0 unspecified atom stereocenters. The van der Waals surface area contributed by atoms with Gasteiger partial charge in [-0.1, -0.05) is 15.9 Å². The van der Waals surface area contributed by atoms with Gasteiger partial charge < -0.3 is 10.1 Å². The topological polar surface area (TPSA) is 21.3 Å². The molecule has 0 saturated carbocycles. The maximum Gasteiger partial charge on any atom is 0.126 e. The zero-order chi connectivity index (χ0) is 15.2. The summed E-state index contributed by atoms with van der Waals surface area (Å²) < 4.78 is 7.12. The van der Waals surface area contributed by atoms with Crippen LogP contribution in [-0.4, -0.2) is 24.2 Å². The van der Waals surface area contributed by atoms with E-state index in [4.69, 9.17) is 4.74 Å². The molecule has 20 heavy (non-hydrogen) atoms. The number of rotatable bonds is 7. The van der Waals surface area contributed by atoms with Gasteiger partial charge in [-0.25, -0.2) is 0 Å². The first kappa shape index (κ1) is 17.9. The average molecular weight is 360 g/mol. The van der Waals surface area contributed by atoms with Crippen molar-refractivity contribution in [3.05, 3.63) is 27.7 Å². The first-order chi connectivity index (χ1) is 9.33. The number of hydrogen-bond donors (Lipinski definition) is 1. The summed E-state index contributed by atoms with van der Waals surface area (Å²) in [6.07, 6.45) is 3.21. The lowest BCUT2D eigenvalue weighted by molar-refractivity contribution is 0.310. The van der Waals surface area contributed by atoms with Crippen LogP contribution in [0.5, 0.6) is 5.75 Å². The van der Waals surface area contributed by atoms with E-state index in [1.165, 1.54) is 11.1 Å². The third-order valence-corrected chi connectivity index (χ3v) is 4.02. The predicted molar refractivity (Wildman–Crippen MR) is 94.0 cm³/mol. The number of halogens is 1. The third-order valence-electron chi connectivity index (χ3n) is 2.86. The van der Waals surface area contributed by atoms with Crippen molar-refractivity contribution in [2.24, 2.45) is 0 Å². The SMILES string of the molecule is CSCCCOc1c(C)cc(Br)cc1CNC(C)(C)C. The summed E-state index contributed by atoms with van der Waals surface area (Å²) in [6.45, 7) is 10.2. The number of nitrogens with one attached hydrogen (secondary N) is 1. The molecular formula is C16H26BrNOS. The van der Waals surface area contributed by atoms with E-state index in [2.05, 4.69) is 67.3 Å². The van der Waals surface area contributed by atoms with E-state index in [9.17, 15) is 0 Å². The highest BCUT2D eigenvalue weighted by Gasteiger charge is 2.13. The van der Waals surface area contributed by atoms with Crippen molar-refractivity contribution in [2.45, 2.75) is 46.2 Å². The van der Waals surface area contributed by atoms with Crippen LogP contribution in [0.2, 0.25) is 0 Å². The zero-order valence-electron chi connectivity index (χ0n) is 13.2. The summed E-state index contributed by atoms with van der Waals surface area (Å²) >= 11 is 5.44. The smallest absolute Gasteiger partial charge is 0.126 e. The standard InChI is InChI=1S/C16H26BrNOS/c1-12-9-14(17)10-13(11-18-16(2,3)4)15(12)19-7-6-8-20-5/h9-10,18H,6-8,11H2,1-5H3. The molecule has 0 aliphatic carbocycles. The minimum absolute atomic E-state index is 0.104. The van der Waals surface area contributed by atoms with Crippen LogP contribution in [0.4, 0.5) is 0 Å². The summed E-state index contributed by atoms with van der Waals surface area (Å²) in [5, 5.41) is 3.53. The average Bonchev–Trinajstić information content (AvgIpc) is 2.33. The van der Waals surface area contributed by atoms with Crippen molar-refractivity contribution in [3.63, 3.8) is 0 Å². The van der Waals surface area contributed by atoms with Crippen molar-refractivity contribution >= 4 is 27.7 Å². The number of ether oxygens (including phenoxy) is 1. The van der Waals surface area contributed by atoms with Crippen LogP contribution >= 0.6 is 27.7 Å². The monoisotopic (exact) mass is 359 g/mol. The van der Waals surface area contributed by atoms with Crippen LogP contribution < -0.4 is 10.1 Å². The number of aryl methyl sites for hydroxylation is 1. The summed E-state index contributed by atoms with van der Waals surface area (Å²) in [5.41, 5.74) is 2.51. The Kier molecular flexibility index (Phi) is 7.41. The molecule has 0 atom stereocenters. The van der Waals surface area contributed by atoms with Gasteiger partial charge in [-0.2, -0.15) is 11.8 Å². The quantitative estimate of drug-likeness (QED) is 0.708. The van der Waals surface area contributed by atoms with Crippen LogP contribution in [0.15, 0.2) is 16.6 Å². The van der Waals surface area contributed by atoms with Gasteiger partial charge in [0.25, 0.3) is 0 Å². The molecule has 0 aromatic heterocycles. The fourth-order valence-corrected chi connectivity index (χ4v) is 2.90. The number of thioether (sulfide) groups is 1. The summed E-state index contributed by atoms with van der Waals surface area (Å²) in [6, 6.07) is 4.26. The van der Waals surface area contributed by atoms with E-state index in [0.717, 1.165) is 35.5 Å². The molecule has 1 rings (SSSR count). The van der Waals surface area contributed by atoms with Gasteiger partial charge in [0, 0.05) is 22.1 Å². The molecule has 2 nitrogen and oxygen atoms in total. The van der Waals surface area contributed by atoms with E-state index in [-0.39, 0.29) is 5.54 Å². The maximum absolute atomic E-state index is 6.02. The van der Waals surface area contributed by atoms with Gasteiger partial charge >= 0.3 is 0 Å². The fraction of sp³-hybridized carbons (Fsp3) is 0.625. The fourth-order valence-electron chi connectivity index (χ4n) is 1.88. The van der Waals surface area contributed by atoms with Gasteiger partial charge in [0.15, 0.2) is 0 Å². The van der Waals surface area contributed by atoms with Gasteiger partial charge in [-0.05, 0) is 63.8 Å². The minimum atomic E-state index is 0.104. The van der Waals surface area contributed by atoms with E-state index in [1.54, 1.807) is 0 Å². The van der Waals surface area contributed by atoms with Crippen LogP contribution in [0.1, 0.15) is 38.3 Å². The molecule has 0 radical (unpaired) electrons. The van der Waals surface area contributed by atoms with E-state index in [1.807, 2.05) is 11.8 Å². The van der Waals surface area contributed by atoms with Crippen LogP contribution in [0.3, 0.4) is 0 Å². The van der Waals surface area contributed by atoms with Crippen molar-refractivity contribution < 1.29 is 4.74 Å². The second-order valence-electron chi connectivity index (χ2n) is 6.01. The van der Waals surface area contributed by atoms with Crippen LogP contribution in [0, 0.1) is 6.92 Å². The van der Waals surface area contributed by atoms with E-state index >= 15 is 0 Å². The second kappa shape index (κ2) is 8.30. The molecule has 0 spiro atoms. The van der Waals surface area contributed by atoms with E-state index < -0.39 is 0 Å². The first-order valence-corrected chi connectivity index (χ1v) is 9.18. The van der Waals surface area contributed by atoms with Gasteiger partial charge in [0.2, 0.25) is 0 Å². The van der Waals surface area contributed by atoms with Gasteiger partial charge in [-0.3, -0.25) is 0 Å². The van der Waals surface area contributed by atoms with E-state index in [0.29, 0.717) is 0 Å². The zero-order valence-corrected chi connectivity index (χ0v) is 15.6. The Morgan fingerprint density at radius 3 is 2.60 bits per heavy atom. The van der Waals surface area contributed by atoms with Crippen molar-refractivity contribution in [3.8, 4) is 5.75 Å². The molecule has 1 aromatic rings. The molecule has 0 aliphatic heterocycles. The van der Waals surface area contributed by atoms with Crippen molar-refractivity contribution in [1.29, 1.82) is 0 Å². The molecule has 0 heterocycles. The molecule has 1 aromatic carbocycles. The number of hydrogen-bond acceptors (Lipinski definition) is 3. The van der Waals surface area contributed by atoms with Gasteiger partial charge in [0.1, 0.15) is 5.75 Å². The van der Waals surface area contributed by atoms with Crippen molar-refractivity contribution in [1.82, 2.24) is 5.32 Å². The highest BCUT2D eigenvalue weighted by molar-refractivity contribution is 9.10. The molecule has 0 saturated heterocycles. The normalized spacial score (nSPS) is 11.7. The Hall–Kier alpha value is -0.190. The molecule has 114 valence electrons. The van der Waals surface area contributed by atoms with Gasteiger partial charge in [0.05, 0.1) is 6.61 Å². The highest BCUT2D eigenvalue weighted by Crippen LogP contribution is 2.28. The Balaban J connectivity index is 2.79. The lowest BCUT2D eigenvalue weighted by Gasteiger charge is -2.22. The Morgan fingerprint density at radius 1 is 1.30 bits per heavy atom. The van der Waals surface area contributed by atoms with Crippen LogP contribution in [-0.2, 0) is 6.54 Å². The minimum Gasteiger partial charge on any atom is -0.493 e. The highest BCUT2D eigenvalue weighted by atomic mass is 79.9. The molecule has 0 aliphatic rings. The predicted octanol–water partition coefficient (Wildman–Crippen LogP) is 4.78. The second-order valence-corrected chi connectivity index (χ2v) is 7.91. The maximum atomic E-state index is 6.02. The largest absolute Gasteiger partial charge is 0.493 e. The van der Waals surface area contributed by atoms with Gasteiger partial charge in [-0.15, -0.1) is 0 Å². The number of benzene rings is 1. The Labute approximate surface area is 136 Å². The molecule has 0 fully saturated rings. The summed E-state index contributed by atoms with van der Waals surface area (Å²) in [7, 11) is 0. The lowest BCUT2D eigenvalue weighted by Crippen LogP contribution is -2.35. The third kappa shape index (κ3) is 6.51. The molecule has 4 heteroatoms.